The Bertz CT molecular complexity index is 571. The number of hydrogen-bond acceptors (Lipinski definition) is 2. The van der Waals surface area contributed by atoms with E-state index in [2.05, 4.69) is 5.32 Å². The van der Waals surface area contributed by atoms with Gasteiger partial charge in [0.1, 0.15) is 0 Å². The van der Waals surface area contributed by atoms with Gasteiger partial charge in [-0.3, -0.25) is 4.79 Å². The first kappa shape index (κ1) is 13.2. The molecule has 3 rings (SSSR count). The van der Waals surface area contributed by atoms with Crippen LogP contribution in [0.3, 0.4) is 0 Å². The van der Waals surface area contributed by atoms with Crippen molar-refractivity contribution in [3.8, 4) is 0 Å². The van der Waals surface area contributed by atoms with Crippen LogP contribution in [0.2, 0.25) is 0 Å². The van der Waals surface area contributed by atoms with E-state index in [9.17, 15) is 9.59 Å². The van der Waals surface area contributed by atoms with E-state index in [-0.39, 0.29) is 11.5 Å². The second kappa shape index (κ2) is 4.62. The van der Waals surface area contributed by atoms with Gasteiger partial charge in [-0.2, -0.15) is 0 Å². The van der Waals surface area contributed by atoms with Crippen molar-refractivity contribution in [2.45, 2.75) is 32.6 Å². The second-order valence-electron chi connectivity index (χ2n) is 6.21. The Hall–Kier alpha value is -1.84. The van der Waals surface area contributed by atoms with Gasteiger partial charge in [0, 0.05) is 12.1 Å². The Morgan fingerprint density at radius 2 is 1.90 bits per heavy atom. The highest BCUT2D eigenvalue weighted by Crippen LogP contribution is 2.60. The fourth-order valence-corrected chi connectivity index (χ4v) is 2.98. The van der Waals surface area contributed by atoms with E-state index in [1.807, 2.05) is 0 Å². The lowest BCUT2D eigenvalue weighted by atomic mass is 10.0. The van der Waals surface area contributed by atoms with Gasteiger partial charge in [0.2, 0.25) is 0 Å². The van der Waals surface area contributed by atoms with Gasteiger partial charge in [0.05, 0.1) is 5.56 Å². The van der Waals surface area contributed by atoms with Gasteiger partial charge in [-0.05, 0) is 67.7 Å². The molecule has 0 saturated heterocycles. The normalized spacial score (nSPS) is 19.4. The van der Waals surface area contributed by atoms with Crippen molar-refractivity contribution in [3.63, 3.8) is 0 Å². The minimum atomic E-state index is -1.00. The molecule has 2 N–H and O–H groups in total. The molecule has 2 saturated carbocycles. The minimum absolute atomic E-state index is 0.164. The molecule has 106 valence electrons. The number of carboxylic acid groups (broad SMARTS) is 1. The van der Waals surface area contributed by atoms with Crippen LogP contribution in [0.15, 0.2) is 18.2 Å². The zero-order chi connectivity index (χ0) is 14.3. The SMILES string of the molecule is Cc1cc(C(=O)O)cc(C(=O)NCC2(C3CC3)CC2)c1. The molecule has 0 heterocycles. The molecule has 0 aromatic heterocycles. The number of amides is 1. The van der Waals surface area contributed by atoms with Gasteiger partial charge >= 0.3 is 5.97 Å². The monoisotopic (exact) mass is 273 g/mol. The molecule has 2 aliphatic rings. The van der Waals surface area contributed by atoms with Crippen molar-refractivity contribution in [2.75, 3.05) is 6.54 Å². The number of carbonyl (C=O) groups is 2. The fourth-order valence-electron chi connectivity index (χ4n) is 2.98. The van der Waals surface area contributed by atoms with E-state index in [4.69, 9.17) is 5.11 Å². The Balaban J connectivity index is 1.69. The van der Waals surface area contributed by atoms with E-state index in [1.54, 1.807) is 19.1 Å². The van der Waals surface area contributed by atoms with Gasteiger partial charge in [-0.15, -0.1) is 0 Å². The van der Waals surface area contributed by atoms with Gasteiger partial charge < -0.3 is 10.4 Å². The minimum Gasteiger partial charge on any atom is -0.478 e. The smallest absolute Gasteiger partial charge is 0.335 e. The van der Waals surface area contributed by atoms with Crippen molar-refractivity contribution in [1.82, 2.24) is 5.32 Å². The molecule has 0 unspecified atom stereocenters. The first-order chi connectivity index (χ1) is 9.50. The van der Waals surface area contributed by atoms with E-state index in [0.717, 1.165) is 18.0 Å². The average molecular weight is 273 g/mol. The number of hydrogen-bond donors (Lipinski definition) is 2. The summed E-state index contributed by atoms with van der Waals surface area (Å²) in [5, 5.41) is 12.0. The molecule has 0 atom stereocenters. The molecular formula is C16H19NO3. The maximum Gasteiger partial charge on any atom is 0.335 e. The molecule has 1 amide bonds. The second-order valence-corrected chi connectivity index (χ2v) is 6.21. The lowest BCUT2D eigenvalue weighted by Crippen LogP contribution is -2.31. The molecule has 0 spiro atoms. The summed E-state index contributed by atoms with van der Waals surface area (Å²) in [6.45, 7) is 2.53. The Labute approximate surface area is 118 Å². The van der Waals surface area contributed by atoms with Crippen LogP contribution in [0.4, 0.5) is 0 Å². The van der Waals surface area contributed by atoms with Crippen LogP contribution in [0.25, 0.3) is 0 Å². The standard InChI is InChI=1S/C16H19NO3/c1-10-6-11(8-12(7-10)15(19)20)14(18)17-9-16(4-5-16)13-2-3-13/h6-8,13H,2-5,9H2,1H3,(H,17,18)(H,19,20). The van der Waals surface area contributed by atoms with Crippen molar-refractivity contribution in [2.24, 2.45) is 11.3 Å². The highest BCUT2D eigenvalue weighted by atomic mass is 16.4. The maximum absolute atomic E-state index is 12.2. The van der Waals surface area contributed by atoms with Crippen LogP contribution in [0.5, 0.6) is 0 Å². The summed E-state index contributed by atoms with van der Waals surface area (Å²) in [5.41, 5.74) is 1.75. The Kier molecular flexibility index (Phi) is 3.04. The molecule has 2 fully saturated rings. The van der Waals surface area contributed by atoms with Gasteiger partial charge in [-0.1, -0.05) is 0 Å². The average Bonchev–Trinajstić information content (AvgIpc) is 3.27. The van der Waals surface area contributed by atoms with Gasteiger partial charge in [0.15, 0.2) is 0 Å². The maximum atomic E-state index is 12.2. The third-order valence-electron chi connectivity index (χ3n) is 4.52. The van der Waals surface area contributed by atoms with Crippen molar-refractivity contribution in [3.05, 3.63) is 34.9 Å². The molecule has 0 bridgehead atoms. The zero-order valence-corrected chi connectivity index (χ0v) is 11.6. The van der Waals surface area contributed by atoms with E-state index >= 15 is 0 Å². The van der Waals surface area contributed by atoms with Crippen LogP contribution in [-0.2, 0) is 0 Å². The van der Waals surface area contributed by atoms with Crippen molar-refractivity contribution in [1.29, 1.82) is 0 Å². The largest absolute Gasteiger partial charge is 0.478 e. The highest BCUT2D eigenvalue weighted by Gasteiger charge is 2.53. The van der Waals surface area contributed by atoms with Crippen molar-refractivity contribution >= 4 is 11.9 Å². The summed E-state index contributed by atoms with van der Waals surface area (Å²) < 4.78 is 0. The van der Waals surface area contributed by atoms with E-state index in [1.165, 1.54) is 31.7 Å². The lowest BCUT2D eigenvalue weighted by Gasteiger charge is -2.15. The third-order valence-corrected chi connectivity index (χ3v) is 4.52. The number of carboxylic acids is 1. The summed E-state index contributed by atoms with van der Waals surface area (Å²) in [7, 11) is 0. The quantitative estimate of drug-likeness (QED) is 0.866. The van der Waals surface area contributed by atoms with E-state index < -0.39 is 5.97 Å². The molecule has 20 heavy (non-hydrogen) atoms. The van der Waals surface area contributed by atoms with Crippen LogP contribution in [-0.4, -0.2) is 23.5 Å². The molecule has 0 aliphatic heterocycles. The zero-order valence-electron chi connectivity index (χ0n) is 11.6. The third kappa shape index (κ3) is 2.55. The summed E-state index contributed by atoms with van der Waals surface area (Å²) >= 11 is 0. The number of aromatic carboxylic acids is 1. The van der Waals surface area contributed by atoms with Crippen molar-refractivity contribution < 1.29 is 14.7 Å². The predicted molar refractivity (Wildman–Crippen MR) is 74.9 cm³/mol. The molecule has 1 aromatic carbocycles. The Morgan fingerprint density at radius 3 is 2.45 bits per heavy atom. The number of nitrogens with one attached hydrogen (secondary N) is 1. The Morgan fingerprint density at radius 1 is 1.25 bits per heavy atom. The molecule has 4 heteroatoms. The predicted octanol–water partition coefficient (Wildman–Crippen LogP) is 2.61. The number of carbonyl (C=O) groups excluding carboxylic acids is 1. The molecule has 4 nitrogen and oxygen atoms in total. The number of aryl methyl sites for hydroxylation is 1. The topological polar surface area (TPSA) is 66.4 Å². The summed E-state index contributed by atoms with van der Waals surface area (Å²) in [5.74, 6) is -0.364. The molecule has 2 aliphatic carbocycles. The van der Waals surface area contributed by atoms with Gasteiger partial charge in [0.25, 0.3) is 5.91 Å². The van der Waals surface area contributed by atoms with Gasteiger partial charge in [-0.25, -0.2) is 4.79 Å². The number of benzene rings is 1. The summed E-state index contributed by atoms with van der Waals surface area (Å²) in [6.07, 6.45) is 5.02. The summed E-state index contributed by atoms with van der Waals surface area (Å²) in [4.78, 5) is 23.2. The van der Waals surface area contributed by atoms with Crippen LogP contribution in [0.1, 0.15) is 52.0 Å². The summed E-state index contributed by atoms with van der Waals surface area (Å²) in [6, 6.07) is 4.76. The first-order valence-electron chi connectivity index (χ1n) is 7.13. The van der Waals surface area contributed by atoms with Crippen LogP contribution < -0.4 is 5.32 Å². The van der Waals surface area contributed by atoms with Crippen LogP contribution >= 0.6 is 0 Å². The van der Waals surface area contributed by atoms with Crippen LogP contribution in [0, 0.1) is 18.3 Å². The fraction of sp³-hybridized carbons (Fsp3) is 0.500. The molecule has 1 aromatic rings. The van der Waals surface area contributed by atoms with E-state index in [0.29, 0.717) is 11.0 Å². The highest BCUT2D eigenvalue weighted by molar-refractivity contribution is 5.97. The first-order valence-corrected chi connectivity index (χ1v) is 7.13. The molecule has 0 radical (unpaired) electrons. The number of rotatable bonds is 5. The molecular weight excluding hydrogens is 254 g/mol. The lowest BCUT2D eigenvalue weighted by molar-refractivity contribution is 0.0696.